The van der Waals surface area contributed by atoms with Crippen molar-refractivity contribution in [2.24, 2.45) is 0 Å². The van der Waals surface area contributed by atoms with Gasteiger partial charge in [-0.1, -0.05) is 6.07 Å². The van der Waals surface area contributed by atoms with Crippen LogP contribution in [0.4, 0.5) is 11.4 Å². The normalized spacial score (nSPS) is 13.5. The van der Waals surface area contributed by atoms with Crippen molar-refractivity contribution >= 4 is 23.2 Å². The number of nitrogens with one attached hydrogen (secondary N) is 2. The third-order valence-corrected chi connectivity index (χ3v) is 5.15. The van der Waals surface area contributed by atoms with Gasteiger partial charge in [-0.25, -0.2) is 4.98 Å². The number of benzene rings is 2. The summed E-state index contributed by atoms with van der Waals surface area (Å²) in [6.07, 6.45) is 7.75. The molecule has 0 saturated carbocycles. The summed E-state index contributed by atoms with van der Waals surface area (Å²) in [5.41, 5.74) is 3.42. The Kier molecular flexibility index (Phi) is 6.08. The summed E-state index contributed by atoms with van der Waals surface area (Å²) in [7, 11) is 0. The van der Waals surface area contributed by atoms with Crippen molar-refractivity contribution in [2.75, 3.05) is 25.0 Å². The number of carbonyl (C=O) groups is 2. The minimum atomic E-state index is -0.109. The van der Waals surface area contributed by atoms with E-state index in [4.69, 9.17) is 0 Å². The van der Waals surface area contributed by atoms with Crippen LogP contribution >= 0.6 is 0 Å². The first kappa shape index (κ1) is 19.7. The number of hydrogen-bond donors (Lipinski definition) is 2. The first-order chi connectivity index (χ1) is 14.7. The van der Waals surface area contributed by atoms with Crippen LogP contribution in [0.15, 0.2) is 67.3 Å². The number of likely N-dealkylation sites (tertiary alicyclic amines) is 1. The Morgan fingerprint density at radius 3 is 2.70 bits per heavy atom. The van der Waals surface area contributed by atoms with Crippen LogP contribution in [-0.2, 0) is 4.79 Å². The number of aromatic nitrogens is 2. The molecule has 1 saturated heterocycles. The van der Waals surface area contributed by atoms with E-state index >= 15 is 0 Å². The summed E-state index contributed by atoms with van der Waals surface area (Å²) >= 11 is 0. The van der Waals surface area contributed by atoms with Crippen molar-refractivity contribution in [1.82, 2.24) is 19.8 Å². The quantitative estimate of drug-likeness (QED) is 0.565. The molecule has 2 heterocycles. The molecular formula is C23H25N5O2. The van der Waals surface area contributed by atoms with Crippen molar-refractivity contribution in [3.8, 4) is 5.69 Å². The Labute approximate surface area is 175 Å². The number of rotatable bonds is 8. The Hall–Kier alpha value is -3.61. The number of anilines is 2. The molecule has 0 atom stereocenters. The fourth-order valence-electron chi connectivity index (χ4n) is 3.55. The molecule has 30 heavy (non-hydrogen) atoms. The molecule has 0 spiro atoms. The number of hydrogen-bond acceptors (Lipinski definition) is 4. The van der Waals surface area contributed by atoms with Gasteiger partial charge < -0.3 is 20.1 Å². The first-order valence-corrected chi connectivity index (χ1v) is 10.2. The molecule has 7 nitrogen and oxygen atoms in total. The highest BCUT2D eigenvalue weighted by molar-refractivity contribution is 5.95. The largest absolute Gasteiger partial charge is 0.356 e. The van der Waals surface area contributed by atoms with Crippen molar-refractivity contribution in [1.29, 1.82) is 0 Å². The molecule has 2 aromatic carbocycles. The molecule has 1 aliphatic heterocycles. The highest BCUT2D eigenvalue weighted by Crippen LogP contribution is 2.19. The van der Waals surface area contributed by atoms with Crippen molar-refractivity contribution in [3.05, 3.63) is 72.8 Å². The van der Waals surface area contributed by atoms with E-state index in [0.29, 0.717) is 25.1 Å². The number of carbonyl (C=O) groups excluding carboxylic acids is 2. The van der Waals surface area contributed by atoms with Crippen molar-refractivity contribution in [2.45, 2.75) is 19.3 Å². The van der Waals surface area contributed by atoms with Gasteiger partial charge in [-0.3, -0.25) is 9.59 Å². The van der Waals surface area contributed by atoms with Gasteiger partial charge in [0, 0.05) is 61.1 Å². The first-order valence-electron chi connectivity index (χ1n) is 10.2. The molecule has 0 radical (unpaired) electrons. The zero-order valence-electron chi connectivity index (χ0n) is 16.8. The molecule has 2 amide bonds. The minimum Gasteiger partial charge on any atom is -0.356 e. The number of nitrogens with zero attached hydrogens (tertiary/aromatic N) is 3. The molecule has 154 valence electrons. The van der Waals surface area contributed by atoms with E-state index in [1.807, 2.05) is 58.1 Å². The molecule has 7 heteroatoms. The predicted molar refractivity (Wildman–Crippen MR) is 116 cm³/mol. The zero-order chi connectivity index (χ0) is 20.8. The molecule has 1 fully saturated rings. The average molecular weight is 403 g/mol. The van der Waals surface area contributed by atoms with Crippen LogP contribution < -0.4 is 10.6 Å². The summed E-state index contributed by atoms with van der Waals surface area (Å²) in [5.74, 6) is 0.111. The van der Waals surface area contributed by atoms with Crippen LogP contribution in [0, 0.1) is 0 Å². The third kappa shape index (κ3) is 4.86. The van der Waals surface area contributed by atoms with E-state index in [0.717, 1.165) is 36.4 Å². The highest BCUT2D eigenvalue weighted by atomic mass is 16.2. The van der Waals surface area contributed by atoms with Gasteiger partial charge in [-0.15, -0.1) is 0 Å². The standard InChI is InChI=1S/C23H25N5O2/c29-22-6-2-13-27(22)14-3-11-25-23(30)18-4-1-5-20(16-18)26-19-7-9-21(10-8-19)28-15-12-24-17-28/h1,4-5,7-10,12,15-17,26H,2-3,6,11,13-14H2,(H,25,30). The molecule has 1 aromatic heterocycles. The fourth-order valence-corrected chi connectivity index (χ4v) is 3.55. The number of imidazole rings is 1. The lowest BCUT2D eigenvalue weighted by Crippen LogP contribution is -2.30. The number of amides is 2. The summed E-state index contributed by atoms with van der Waals surface area (Å²) in [6.45, 7) is 2.09. The lowest BCUT2D eigenvalue weighted by atomic mass is 10.1. The molecule has 3 aromatic rings. The second kappa shape index (κ2) is 9.26. The maximum absolute atomic E-state index is 12.5. The van der Waals surface area contributed by atoms with E-state index in [1.54, 1.807) is 18.6 Å². The Balaban J connectivity index is 1.29. The monoisotopic (exact) mass is 403 g/mol. The summed E-state index contributed by atoms with van der Waals surface area (Å²) < 4.78 is 1.94. The van der Waals surface area contributed by atoms with Gasteiger partial charge in [0.05, 0.1) is 6.33 Å². The molecule has 0 aliphatic carbocycles. The Morgan fingerprint density at radius 2 is 1.97 bits per heavy atom. The SMILES string of the molecule is O=C(NCCCN1CCCC1=O)c1cccc(Nc2ccc(-n3ccnc3)cc2)c1. The van der Waals surface area contributed by atoms with Gasteiger partial charge in [0.25, 0.3) is 5.91 Å². The van der Waals surface area contributed by atoms with Crippen molar-refractivity contribution in [3.63, 3.8) is 0 Å². The lowest BCUT2D eigenvalue weighted by Gasteiger charge is -2.15. The fraction of sp³-hybridized carbons (Fsp3) is 0.261. The summed E-state index contributed by atoms with van der Waals surface area (Å²) in [4.78, 5) is 30.0. The van der Waals surface area contributed by atoms with Crippen molar-refractivity contribution < 1.29 is 9.59 Å². The third-order valence-electron chi connectivity index (χ3n) is 5.15. The molecule has 4 rings (SSSR count). The summed E-state index contributed by atoms with van der Waals surface area (Å²) in [5, 5.41) is 6.27. The molecule has 0 bridgehead atoms. The molecular weight excluding hydrogens is 378 g/mol. The lowest BCUT2D eigenvalue weighted by molar-refractivity contribution is -0.127. The van der Waals surface area contributed by atoms with Crippen LogP contribution in [0.2, 0.25) is 0 Å². The van der Waals surface area contributed by atoms with Crippen LogP contribution in [0.1, 0.15) is 29.6 Å². The van der Waals surface area contributed by atoms with Gasteiger partial charge in [-0.05, 0) is 55.3 Å². The second-order valence-electron chi connectivity index (χ2n) is 7.32. The van der Waals surface area contributed by atoms with Gasteiger partial charge in [0.15, 0.2) is 0 Å². The maximum Gasteiger partial charge on any atom is 0.251 e. The predicted octanol–water partition coefficient (Wildman–Crippen LogP) is 3.36. The van der Waals surface area contributed by atoms with Gasteiger partial charge in [0.2, 0.25) is 5.91 Å². The topological polar surface area (TPSA) is 79.3 Å². The Bertz CT molecular complexity index is 999. The van der Waals surface area contributed by atoms with Crippen LogP contribution in [0.3, 0.4) is 0 Å². The van der Waals surface area contributed by atoms with E-state index in [1.165, 1.54) is 0 Å². The van der Waals surface area contributed by atoms with Gasteiger partial charge >= 0.3 is 0 Å². The van der Waals surface area contributed by atoms with E-state index < -0.39 is 0 Å². The van der Waals surface area contributed by atoms with E-state index in [-0.39, 0.29) is 11.8 Å². The molecule has 1 aliphatic rings. The smallest absolute Gasteiger partial charge is 0.251 e. The molecule has 0 unspecified atom stereocenters. The van der Waals surface area contributed by atoms with Crippen LogP contribution in [0.25, 0.3) is 5.69 Å². The molecule has 2 N–H and O–H groups in total. The second-order valence-corrected chi connectivity index (χ2v) is 7.32. The maximum atomic E-state index is 12.5. The van der Waals surface area contributed by atoms with Gasteiger partial charge in [-0.2, -0.15) is 0 Å². The Morgan fingerprint density at radius 1 is 1.10 bits per heavy atom. The highest BCUT2D eigenvalue weighted by Gasteiger charge is 2.19. The van der Waals surface area contributed by atoms with Gasteiger partial charge in [0.1, 0.15) is 0 Å². The summed E-state index contributed by atoms with van der Waals surface area (Å²) in [6, 6.07) is 15.4. The van der Waals surface area contributed by atoms with E-state index in [2.05, 4.69) is 15.6 Å². The van der Waals surface area contributed by atoms with Crippen LogP contribution in [-0.4, -0.2) is 45.9 Å². The zero-order valence-corrected chi connectivity index (χ0v) is 16.8. The van der Waals surface area contributed by atoms with E-state index in [9.17, 15) is 9.59 Å². The average Bonchev–Trinajstić information content (AvgIpc) is 3.44. The van der Waals surface area contributed by atoms with Crippen LogP contribution in [0.5, 0.6) is 0 Å². The minimum absolute atomic E-state index is 0.109.